The Kier molecular flexibility index (Phi) is 9.02. The number of aromatic nitrogens is 2. The van der Waals surface area contributed by atoms with Crippen molar-refractivity contribution in [2.45, 2.75) is 12.1 Å². The molecule has 0 aliphatic carbocycles. The number of nitrogens with one attached hydrogen (secondary N) is 1. The van der Waals surface area contributed by atoms with Crippen molar-refractivity contribution in [1.29, 1.82) is 0 Å². The molecule has 11 nitrogen and oxygen atoms in total. The molecular weight excluding hydrogens is 536 g/mol. The Bertz CT molecular complexity index is 1610. The average Bonchev–Trinajstić information content (AvgIpc) is 2.96. The van der Waals surface area contributed by atoms with Crippen LogP contribution >= 0.6 is 11.8 Å². The van der Waals surface area contributed by atoms with E-state index < -0.39 is 11.9 Å². The largest absolute Gasteiger partial charge is 0.497 e. The highest BCUT2D eigenvalue weighted by Gasteiger charge is 2.17. The minimum absolute atomic E-state index is 0.0592. The number of hydrazone groups is 1. The van der Waals surface area contributed by atoms with Gasteiger partial charge in [-0.25, -0.2) is 10.4 Å². The predicted octanol–water partition coefficient (Wildman–Crippen LogP) is 3.58. The lowest BCUT2D eigenvalue weighted by Crippen LogP contribution is -2.24. The van der Waals surface area contributed by atoms with Gasteiger partial charge >= 0.3 is 5.97 Å². The van der Waals surface area contributed by atoms with Crippen LogP contribution in [0.2, 0.25) is 0 Å². The number of hydrogen-bond donors (Lipinski definition) is 1. The van der Waals surface area contributed by atoms with Gasteiger partial charge in [-0.1, -0.05) is 23.9 Å². The fourth-order valence-electron chi connectivity index (χ4n) is 3.73. The van der Waals surface area contributed by atoms with Crippen LogP contribution in [0.1, 0.15) is 12.5 Å². The predicted molar refractivity (Wildman–Crippen MR) is 151 cm³/mol. The van der Waals surface area contributed by atoms with Gasteiger partial charge in [-0.2, -0.15) is 5.10 Å². The summed E-state index contributed by atoms with van der Waals surface area (Å²) in [5, 5.41) is 4.81. The highest BCUT2D eigenvalue weighted by Crippen LogP contribution is 2.38. The maximum absolute atomic E-state index is 13.4. The summed E-state index contributed by atoms with van der Waals surface area (Å²) in [5.74, 6) is 0.306. The van der Waals surface area contributed by atoms with Crippen molar-refractivity contribution in [2.24, 2.45) is 5.10 Å². The molecule has 3 aromatic carbocycles. The summed E-state index contributed by atoms with van der Waals surface area (Å²) in [7, 11) is 4.41. The maximum atomic E-state index is 13.4. The van der Waals surface area contributed by atoms with Gasteiger partial charge in [-0.15, -0.1) is 0 Å². The van der Waals surface area contributed by atoms with Gasteiger partial charge in [0.05, 0.1) is 49.9 Å². The van der Waals surface area contributed by atoms with Gasteiger partial charge in [-0.3, -0.25) is 19.0 Å². The molecule has 40 heavy (non-hydrogen) atoms. The van der Waals surface area contributed by atoms with Crippen LogP contribution in [-0.2, 0) is 9.59 Å². The topological polar surface area (TPSA) is 130 Å². The molecule has 1 amide bonds. The summed E-state index contributed by atoms with van der Waals surface area (Å²) in [5.41, 5.74) is 3.85. The summed E-state index contributed by atoms with van der Waals surface area (Å²) in [4.78, 5) is 42.0. The number of methoxy groups -OCH3 is 3. The minimum Gasteiger partial charge on any atom is -0.497 e. The molecule has 12 heteroatoms. The summed E-state index contributed by atoms with van der Waals surface area (Å²) in [6.07, 6.45) is 1.40. The molecule has 1 heterocycles. The molecule has 1 N–H and O–H groups in total. The minimum atomic E-state index is -0.527. The van der Waals surface area contributed by atoms with E-state index in [0.29, 0.717) is 33.1 Å². The first-order valence-electron chi connectivity index (χ1n) is 11.9. The first kappa shape index (κ1) is 28.2. The van der Waals surface area contributed by atoms with Crippen LogP contribution in [0.15, 0.2) is 75.7 Å². The Morgan fingerprint density at radius 2 is 1.68 bits per heavy atom. The van der Waals surface area contributed by atoms with E-state index in [1.807, 2.05) is 0 Å². The van der Waals surface area contributed by atoms with E-state index in [0.717, 1.165) is 11.8 Å². The van der Waals surface area contributed by atoms with E-state index in [1.165, 1.54) is 31.9 Å². The van der Waals surface area contributed by atoms with Gasteiger partial charge in [0, 0.05) is 12.5 Å². The van der Waals surface area contributed by atoms with Gasteiger partial charge in [0.15, 0.2) is 16.7 Å². The fraction of sp³-hybridized carbons (Fsp3) is 0.179. The number of fused-ring (bicyclic) bond motifs is 1. The van der Waals surface area contributed by atoms with Crippen molar-refractivity contribution in [1.82, 2.24) is 15.0 Å². The van der Waals surface area contributed by atoms with E-state index in [4.69, 9.17) is 18.9 Å². The second-order valence-corrected chi connectivity index (χ2v) is 9.12. The lowest BCUT2D eigenvalue weighted by Gasteiger charge is -2.13. The number of thioether (sulfide) groups is 1. The highest BCUT2D eigenvalue weighted by molar-refractivity contribution is 7.99. The van der Waals surface area contributed by atoms with Crippen molar-refractivity contribution in [2.75, 3.05) is 27.1 Å². The normalized spacial score (nSPS) is 10.9. The van der Waals surface area contributed by atoms with Crippen molar-refractivity contribution < 1.29 is 28.5 Å². The van der Waals surface area contributed by atoms with Gasteiger partial charge in [0.1, 0.15) is 5.75 Å². The first-order chi connectivity index (χ1) is 19.3. The van der Waals surface area contributed by atoms with Crippen molar-refractivity contribution in [3.8, 4) is 28.7 Å². The highest BCUT2D eigenvalue weighted by atomic mass is 32.2. The molecule has 0 aliphatic heterocycles. The Morgan fingerprint density at radius 3 is 2.30 bits per heavy atom. The van der Waals surface area contributed by atoms with Crippen LogP contribution in [0, 0.1) is 0 Å². The van der Waals surface area contributed by atoms with Gasteiger partial charge in [0.2, 0.25) is 5.75 Å². The SMILES string of the molecule is COc1ccc(-n2c(SCC(=O)NN=Cc3cc(OC)c(OC(C)=O)c(OC)c3)nc3ccccc3c2=O)cc1. The number of hydrogen-bond acceptors (Lipinski definition) is 10. The van der Waals surface area contributed by atoms with E-state index in [-0.39, 0.29) is 28.6 Å². The molecule has 4 rings (SSSR count). The van der Waals surface area contributed by atoms with E-state index >= 15 is 0 Å². The van der Waals surface area contributed by atoms with Crippen LogP contribution in [0.3, 0.4) is 0 Å². The monoisotopic (exact) mass is 562 g/mol. The first-order valence-corrected chi connectivity index (χ1v) is 12.9. The molecule has 4 aromatic rings. The molecule has 0 saturated heterocycles. The zero-order valence-corrected chi connectivity index (χ0v) is 23.0. The third-order valence-corrected chi connectivity index (χ3v) is 6.48. The number of nitrogens with zero attached hydrogens (tertiary/aromatic N) is 3. The number of ether oxygens (including phenoxy) is 4. The number of amides is 1. The fourth-order valence-corrected chi connectivity index (χ4v) is 4.53. The third-order valence-electron chi connectivity index (χ3n) is 5.54. The average molecular weight is 563 g/mol. The van der Waals surface area contributed by atoms with Crippen LogP contribution in [0.25, 0.3) is 16.6 Å². The smallest absolute Gasteiger partial charge is 0.308 e. The van der Waals surface area contributed by atoms with Crippen LogP contribution in [0.4, 0.5) is 0 Å². The summed E-state index contributed by atoms with van der Waals surface area (Å²) < 4.78 is 22.5. The molecule has 0 aliphatic rings. The lowest BCUT2D eigenvalue weighted by atomic mass is 10.2. The molecule has 0 fully saturated rings. The van der Waals surface area contributed by atoms with Crippen molar-refractivity contribution in [3.05, 3.63) is 76.6 Å². The number of benzene rings is 3. The molecule has 0 bridgehead atoms. The number of carbonyl (C=O) groups excluding carboxylic acids is 2. The zero-order chi connectivity index (χ0) is 28.6. The molecule has 0 radical (unpaired) electrons. The Hall–Kier alpha value is -4.84. The number of esters is 1. The molecule has 1 aromatic heterocycles. The molecule has 0 saturated carbocycles. The van der Waals surface area contributed by atoms with Crippen LogP contribution in [-0.4, -0.2) is 54.7 Å². The Balaban J connectivity index is 1.52. The van der Waals surface area contributed by atoms with Crippen LogP contribution < -0.4 is 29.9 Å². The Morgan fingerprint density at radius 1 is 1.00 bits per heavy atom. The number of para-hydroxylation sites is 1. The molecule has 206 valence electrons. The molecular formula is C28H26N4O7S. The van der Waals surface area contributed by atoms with Gasteiger partial charge in [0.25, 0.3) is 11.5 Å². The summed E-state index contributed by atoms with van der Waals surface area (Å²) in [6.45, 7) is 1.27. The maximum Gasteiger partial charge on any atom is 0.308 e. The van der Waals surface area contributed by atoms with Gasteiger partial charge in [-0.05, 0) is 48.5 Å². The van der Waals surface area contributed by atoms with E-state index in [1.54, 1.807) is 67.8 Å². The van der Waals surface area contributed by atoms with Crippen LogP contribution in [0.5, 0.6) is 23.0 Å². The van der Waals surface area contributed by atoms with Gasteiger partial charge < -0.3 is 18.9 Å². The summed E-state index contributed by atoms with van der Waals surface area (Å²) in [6, 6.07) is 17.2. The Labute approximate surface area is 233 Å². The molecule has 0 atom stereocenters. The van der Waals surface area contributed by atoms with Crippen molar-refractivity contribution in [3.63, 3.8) is 0 Å². The number of carbonyl (C=O) groups is 2. The second-order valence-electron chi connectivity index (χ2n) is 8.18. The lowest BCUT2D eigenvalue weighted by molar-refractivity contribution is -0.132. The van der Waals surface area contributed by atoms with E-state index in [9.17, 15) is 14.4 Å². The second kappa shape index (κ2) is 12.8. The third kappa shape index (κ3) is 6.41. The standard InChI is InChI=1S/C28H26N4O7S/c1-17(33)39-26-23(37-3)13-18(14-24(26)38-4)15-29-31-25(34)16-40-28-30-22-8-6-5-7-21(22)27(35)32(28)19-9-11-20(36-2)12-10-19/h5-15H,16H2,1-4H3,(H,31,34). The summed E-state index contributed by atoms with van der Waals surface area (Å²) >= 11 is 1.10. The zero-order valence-electron chi connectivity index (χ0n) is 22.2. The van der Waals surface area contributed by atoms with E-state index in [2.05, 4.69) is 15.5 Å². The molecule has 0 spiro atoms. The van der Waals surface area contributed by atoms with Crippen molar-refractivity contribution >= 4 is 40.8 Å². The quantitative estimate of drug-likeness (QED) is 0.0770. The molecule has 0 unspecified atom stereocenters. The number of rotatable bonds is 10.